The second-order valence-corrected chi connectivity index (χ2v) is 13.6. The Morgan fingerprint density at radius 3 is 1.84 bits per heavy atom. The van der Waals surface area contributed by atoms with Crippen LogP contribution in [0.1, 0.15) is 22.3 Å². The predicted molar refractivity (Wildman–Crippen MR) is 210 cm³/mol. The van der Waals surface area contributed by atoms with E-state index in [0.717, 1.165) is 39.0 Å². The van der Waals surface area contributed by atoms with E-state index < -0.39 is 5.41 Å². The van der Waals surface area contributed by atoms with Crippen LogP contribution in [-0.2, 0) is 5.41 Å². The Bertz CT molecular complexity index is 2810. The first-order valence-electron chi connectivity index (χ1n) is 17.6. The van der Waals surface area contributed by atoms with Gasteiger partial charge in [-0.05, 0) is 86.5 Å². The van der Waals surface area contributed by atoms with Crippen molar-refractivity contribution >= 4 is 39.0 Å². The summed E-state index contributed by atoms with van der Waals surface area (Å²) < 4.78 is 6.70. The van der Waals surface area contributed by atoms with Gasteiger partial charge in [0.05, 0.1) is 16.8 Å². The zero-order valence-electron chi connectivity index (χ0n) is 27.8. The van der Waals surface area contributed by atoms with Gasteiger partial charge in [-0.25, -0.2) is 0 Å². The number of furan rings is 1. The van der Waals surface area contributed by atoms with Crippen molar-refractivity contribution in [2.45, 2.75) is 5.41 Å². The molecule has 51 heavy (non-hydrogen) atoms. The van der Waals surface area contributed by atoms with E-state index in [9.17, 15) is 0 Å². The quantitative estimate of drug-likeness (QED) is 0.189. The monoisotopic (exact) mass is 649 g/mol. The second-order valence-electron chi connectivity index (χ2n) is 13.6. The molecule has 11 rings (SSSR count). The average molecular weight is 650 g/mol. The largest absolute Gasteiger partial charge is 0.454 e. The van der Waals surface area contributed by atoms with Gasteiger partial charge in [0.1, 0.15) is 5.58 Å². The molecule has 1 aromatic heterocycles. The summed E-state index contributed by atoms with van der Waals surface area (Å²) >= 11 is 0. The van der Waals surface area contributed by atoms with Gasteiger partial charge in [-0.3, -0.25) is 0 Å². The van der Waals surface area contributed by atoms with Gasteiger partial charge in [0, 0.05) is 22.0 Å². The zero-order chi connectivity index (χ0) is 33.5. The van der Waals surface area contributed by atoms with E-state index in [1.807, 2.05) is 6.07 Å². The van der Waals surface area contributed by atoms with Crippen molar-refractivity contribution in [1.29, 1.82) is 0 Å². The van der Waals surface area contributed by atoms with Crippen LogP contribution in [0.2, 0.25) is 0 Å². The van der Waals surface area contributed by atoms with Crippen LogP contribution in [0, 0.1) is 0 Å². The van der Waals surface area contributed by atoms with Crippen molar-refractivity contribution in [2.24, 2.45) is 0 Å². The minimum absolute atomic E-state index is 0.480. The predicted octanol–water partition coefficient (Wildman–Crippen LogP) is 13.1. The van der Waals surface area contributed by atoms with Crippen LogP contribution < -0.4 is 4.90 Å². The van der Waals surface area contributed by atoms with Crippen molar-refractivity contribution in [1.82, 2.24) is 0 Å². The van der Waals surface area contributed by atoms with Gasteiger partial charge in [0.2, 0.25) is 0 Å². The maximum Gasteiger partial charge on any atom is 0.159 e. The summed E-state index contributed by atoms with van der Waals surface area (Å²) in [4.78, 5) is 2.40. The third-order valence-electron chi connectivity index (χ3n) is 11.1. The Labute approximate surface area is 296 Å². The molecule has 1 heterocycles. The molecule has 9 aromatic rings. The molecule has 2 nitrogen and oxygen atoms in total. The number of benzene rings is 8. The van der Waals surface area contributed by atoms with E-state index in [2.05, 4.69) is 187 Å². The smallest absolute Gasteiger partial charge is 0.159 e. The van der Waals surface area contributed by atoms with Gasteiger partial charge in [0.15, 0.2) is 5.58 Å². The first-order chi connectivity index (χ1) is 25.3. The van der Waals surface area contributed by atoms with Crippen LogP contribution in [0.25, 0.3) is 55.3 Å². The normalized spacial score (nSPS) is 15.1. The summed E-state index contributed by atoms with van der Waals surface area (Å²) in [6.07, 6.45) is 0. The molecule has 0 fully saturated rings. The highest BCUT2D eigenvalue weighted by Gasteiger charge is 2.52. The van der Waals surface area contributed by atoms with Crippen molar-refractivity contribution in [2.75, 3.05) is 4.90 Å². The van der Waals surface area contributed by atoms with E-state index in [1.54, 1.807) is 0 Å². The molecule has 0 N–H and O–H groups in total. The number of fused-ring (bicyclic) bond motifs is 13. The highest BCUT2D eigenvalue weighted by Crippen LogP contribution is 2.65. The second kappa shape index (κ2) is 10.7. The van der Waals surface area contributed by atoms with Crippen LogP contribution >= 0.6 is 0 Å². The Morgan fingerprint density at radius 1 is 0.392 bits per heavy atom. The Kier molecular flexibility index (Phi) is 5.91. The number of nitrogens with zero attached hydrogens (tertiary/aromatic N) is 1. The molecule has 0 amide bonds. The number of hydrogen-bond acceptors (Lipinski definition) is 2. The molecule has 1 spiro atoms. The Balaban J connectivity index is 1.24. The number of hydrogen-bond donors (Lipinski definition) is 0. The minimum Gasteiger partial charge on any atom is -0.454 e. The summed E-state index contributed by atoms with van der Waals surface area (Å²) in [7, 11) is 0. The molecule has 0 saturated heterocycles. The average Bonchev–Trinajstić information content (AvgIpc) is 3.83. The standard InChI is InChI=1S/C49H31NO/c1-3-15-32(16-4-1)33-29-30-36-35-19-7-10-23-40(35)49(43(36)31-33)41-24-11-8-21-39(41)47-42(49)25-14-26-44(47)50(34-17-5-2-6-18-34)45-27-13-22-38-37-20-9-12-28-46(37)51-48(38)45/h1-31H. The highest BCUT2D eigenvalue weighted by molar-refractivity contribution is 6.11. The summed E-state index contributed by atoms with van der Waals surface area (Å²) in [6.45, 7) is 0. The molecule has 0 radical (unpaired) electrons. The molecule has 0 saturated carbocycles. The minimum atomic E-state index is -0.480. The van der Waals surface area contributed by atoms with E-state index in [4.69, 9.17) is 4.42 Å². The molecule has 2 heteroatoms. The fourth-order valence-electron chi connectivity index (χ4n) is 9.06. The van der Waals surface area contributed by atoms with Crippen molar-refractivity contribution in [3.8, 4) is 33.4 Å². The summed E-state index contributed by atoms with van der Waals surface area (Å²) in [5.41, 5.74) is 17.3. The lowest BCUT2D eigenvalue weighted by molar-refractivity contribution is 0.669. The van der Waals surface area contributed by atoms with Crippen LogP contribution in [0.3, 0.4) is 0 Å². The highest BCUT2D eigenvalue weighted by atomic mass is 16.3. The fraction of sp³-hybridized carbons (Fsp3) is 0.0204. The molecule has 238 valence electrons. The number of rotatable bonds is 4. The van der Waals surface area contributed by atoms with Gasteiger partial charge in [-0.2, -0.15) is 0 Å². The third kappa shape index (κ3) is 3.82. The third-order valence-corrected chi connectivity index (χ3v) is 11.1. The van der Waals surface area contributed by atoms with Crippen LogP contribution in [0.15, 0.2) is 192 Å². The first-order valence-corrected chi connectivity index (χ1v) is 17.6. The SMILES string of the molecule is c1ccc(-c2ccc3c(c2)C2(c4ccccc4-3)c3ccccc3-c3c(N(c4ccccc4)c4cccc5c4oc4ccccc45)cccc32)cc1. The lowest BCUT2D eigenvalue weighted by Gasteiger charge is -2.32. The lowest BCUT2D eigenvalue weighted by atomic mass is 9.70. The molecule has 8 aromatic carbocycles. The van der Waals surface area contributed by atoms with Crippen molar-refractivity contribution < 1.29 is 4.42 Å². The molecule has 1 unspecified atom stereocenters. The Morgan fingerprint density at radius 2 is 1.00 bits per heavy atom. The van der Waals surface area contributed by atoms with Crippen molar-refractivity contribution in [3.05, 3.63) is 210 Å². The maximum absolute atomic E-state index is 6.70. The van der Waals surface area contributed by atoms with E-state index in [0.29, 0.717) is 0 Å². The summed E-state index contributed by atoms with van der Waals surface area (Å²) in [5, 5.41) is 2.24. The molecular weight excluding hydrogens is 619 g/mol. The molecule has 1 atom stereocenters. The van der Waals surface area contributed by atoms with E-state index in [1.165, 1.54) is 55.6 Å². The Hall–Kier alpha value is -6.64. The number of para-hydroxylation sites is 3. The van der Waals surface area contributed by atoms with Crippen LogP contribution in [-0.4, -0.2) is 0 Å². The van der Waals surface area contributed by atoms with E-state index in [-0.39, 0.29) is 0 Å². The lowest BCUT2D eigenvalue weighted by Crippen LogP contribution is -2.26. The van der Waals surface area contributed by atoms with Gasteiger partial charge < -0.3 is 9.32 Å². The molecule has 2 aliphatic rings. The number of anilines is 3. The van der Waals surface area contributed by atoms with E-state index >= 15 is 0 Å². The van der Waals surface area contributed by atoms with Gasteiger partial charge >= 0.3 is 0 Å². The zero-order valence-corrected chi connectivity index (χ0v) is 27.8. The molecule has 2 aliphatic carbocycles. The van der Waals surface area contributed by atoms with Crippen LogP contribution in [0.4, 0.5) is 17.1 Å². The summed E-state index contributed by atoms with van der Waals surface area (Å²) in [6, 6.07) is 68.4. The fourth-order valence-corrected chi connectivity index (χ4v) is 9.06. The van der Waals surface area contributed by atoms with Crippen LogP contribution in [0.5, 0.6) is 0 Å². The molecule has 0 bridgehead atoms. The van der Waals surface area contributed by atoms with Gasteiger partial charge in [-0.1, -0.05) is 152 Å². The molecule has 0 aliphatic heterocycles. The topological polar surface area (TPSA) is 16.4 Å². The first kappa shape index (κ1) is 28.2. The summed E-state index contributed by atoms with van der Waals surface area (Å²) in [5.74, 6) is 0. The molecular formula is C49H31NO. The maximum atomic E-state index is 6.70. The van der Waals surface area contributed by atoms with Gasteiger partial charge in [-0.15, -0.1) is 0 Å². The van der Waals surface area contributed by atoms with Gasteiger partial charge in [0.25, 0.3) is 0 Å². The van der Waals surface area contributed by atoms with Crippen molar-refractivity contribution in [3.63, 3.8) is 0 Å².